The van der Waals surface area contributed by atoms with Crippen LogP contribution in [0.2, 0.25) is 0 Å². The van der Waals surface area contributed by atoms with Gasteiger partial charge in [0, 0.05) is 18.3 Å². The van der Waals surface area contributed by atoms with Crippen molar-refractivity contribution in [3.05, 3.63) is 0 Å². The van der Waals surface area contributed by atoms with Gasteiger partial charge in [0.1, 0.15) is 4.32 Å². The summed E-state index contributed by atoms with van der Waals surface area (Å²) in [6.45, 7) is 5.98. The molecule has 0 radical (unpaired) electrons. The number of fused-ring (bicyclic) bond motifs is 2. The molecule has 4 heterocycles. The third-order valence-corrected chi connectivity index (χ3v) is 6.86. The third kappa shape index (κ3) is 1.70. The zero-order valence-corrected chi connectivity index (χ0v) is 14.1. The SMILES string of the molecule is C[C@@H]1CCC2C(C)(Br)C(=O)OC3O[C@@]4(C)CCC1[C@]32OO4. The van der Waals surface area contributed by atoms with Crippen molar-refractivity contribution in [1.29, 1.82) is 0 Å². The second-order valence-electron chi connectivity index (χ2n) is 7.34. The van der Waals surface area contributed by atoms with Crippen molar-refractivity contribution in [3.8, 4) is 0 Å². The number of ether oxygens (including phenoxy) is 2. The molecule has 0 aromatic heterocycles. The molecule has 5 nitrogen and oxygen atoms in total. The second kappa shape index (κ2) is 4.22. The maximum atomic E-state index is 12.4. The lowest BCUT2D eigenvalue weighted by atomic mass is 9.58. The van der Waals surface area contributed by atoms with Crippen molar-refractivity contribution < 1.29 is 24.0 Å². The first kappa shape index (κ1) is 14.4. The molecule has 6 heteroatoms. The highest BCUT2D eigenvalue weighted by Gasteiger charge is 2.73. The van der Waals surface area contributed by atoms with Crippen molar-refractivity contribution in [1.82, 2.24) is 0 Å². The maximum Gasteiger partial charge on any atom is 0.325 e. The van der Waals surface area contributed by atoms with Crippen LogP contribution in [0.5, 0.6) is 0 Å². The number of hydrogen-bond donors (Lipinski definition) is 0. The van der Waals surface area contributed by atoms with Crippen LogP contribution in [-0.2, 0) is 24.0 Å². The minimum absolute atomic E-state index is 0.0138. The fourth-order valence-corrected chi connectivity index (χ4v) is 5.43. The van der Waals surface area contributed by atoms with Gasteiger partial charge in [0.2, 0.25) is 12.1 Å². The van der Waals surface area contributed by atoms with Crippen LogP contribution in [0.25, 0.3) is 0 Å². The molecule has 0 amide bonds. The lowest BCUT2D eigenvalue weighted by molar-refractivity contribution is -0.558. The summed E-state index contributed by atoms with van der Waals surface area (Å²) in [5.74, 6) is -0.332. The van der Waals surface area contributed by atoms with Gasteiger partial charge in [-0.15, -0.1) is 0 Å². The molecule has 1 spiro atoms. The predicted molar refractivity (Wildman–Crippen MR) is 76.2 cm³/mol. The molecule has 0 aromatic carbocycles. The minimum atomic E-state index is -0.822. The smallest absolute Gasteiger partial charge is 0.325 e. The van der Waals surface area contributed by atoms with Crippen LogP contribution in [0, 0.1) is 17.8 Å². The molecule has 5 fully saturated rings. The lowest BCUT2D eigenvalue weighted by Gasteiger charge is -2.59. The summed E-state index contributed by atoms with van der Waals surface area (Å²) in [4.78, 5) is 24.0. The van der Waals surface area contributed by atoms with Crippen molar-refractivity contribution in [2.45, 2.75) is 68.5 Å². The van der Waals surface area contributed by atoms with Gasteiger partial charge in [0.05, 0.1) is 0 Å². The van der Waals surface area contributed by atoms with Crippen LogP contribution >= 0.6 is 15.9 Å². The van der Waals surface area contributed by atoms with Crippen LogP contribution in [0.4, 0.5) is 0 Å². The first-order valence-corrected chi connectivity index (χ1v) is 8.53. The van der Waals surface area contributed by atoms with Crippen LogP contribution in [0.1, 0.15) is 46.5 Å². The fraction of sp³-hybridized carbons (Fsp3) is 0.933. The fourth-order valence-electron chi connectivity index (χ4n) is 4.75. The van der Waals surface area contributed by atoms with Crippen molar-refractivity contribution in [3.63, 3.8) is 0 Å². The van der Waals surface area contributed by atoms with Crippen LogP contribution in [-0.4, -0.2) is 28.0 Å². The predicted octanol–water partition coefficient (Wildman–Crippen LogP) is 2.91. The van der Waals surface area contributed by atoms with Crippen molar-refractivity contribution >= 4 is 21.9 Å². The first-order valence-electron chi connectivity index (χ1n) is 7.74. The Morgan fingerprint density at radius 1 is 1.19 bits per heavy atom. The first-order chi connectivity index (χ1) is 9.80. The number of halogens is 1. The van der Waals surface area contributed by atoms with E-state index in [-0.39, 0.29) is 17.8 Å². The van der Waals surface area contributed by atoms with Gasteiger partial charge in [0.15, 0.2) is 5.60 Å². The van der Waals surface area contributed by atoms with E-state index in [9.17, 15) is 4.79 Å². The van der Waals surface area contributed by atoms with Crippen molar-refractivity contribution in [2.75, 3.05) is 0 Å². The average Bonchev–Trinajstić information content (AvgIpc) is 2.63. The van der Waals surface area contributed by atoms with Crippen LogP contribution < -0.4 is 0 Å². The topological polar surface area (TPSA) is 54.0 Å². The van der Waals surface area contributed by atoms with Gasteiger partial charge in [-0.3, -0.25) is 4.79 Å². The lowest BCUT2D eigenvalue weighted by Crippen LogP contribution is -2.73. The van der Waals surface area contributed by atoms with E-state index in [1.807, 2.05) is 13.8 Å². The van der Waals surface area contributed by atoms with Crippen molar-refractivity contribution in [2.24, 2.45) is 17.8 Å². The Balaban J connectivity index is 1.87. The van der Waals surface area contributed by atoms with E-state index >= 15 is 0 Å². The number of carbonyl (C=O) groups excluding carboxylic acids is 1. The summed E-state index contributed by atoms with van der Waals surface area (Å²) in [7, 11) is 0. The zero-order chi connectivity index (χ0) is 15.0. The molecule has 5 aliphatic rings. The van der Waals surface area contributed by atoms with Gasteiger partial charge in [-0.05, 0) is 39.0 Å². The highest BCUT2D eigenvalue weighted by atomic mass is 79.9. The molecule has 21 heavy (non-hydrogen) atoms. The van der Waals surface area contributed by atoms with Gasteiger partial charge in [-0.2, -0.15) is 0 Å². The molecular weight excluding hydrogens is 340 g/mol. The van der Waals surface area contributed by atoms with E-state index in [0.29, 0.717) is 5.92 Å². The Kier molecular flexibility index (Phi) is 2.90. The molecule has 1 saturated carbocycles. The van der Waals surface area contributed by atoms with Gasteiger partial charge in [0.25, 0.3) is 0 Å². The Morgan fingerprint density at radius 3 is 2.71 bits per heavy atom. The van der Waals surface area contributed by atoms with Gasteiger partial charge < -0.3 is 9.47 Å². The summed E-state index contributed by atoms with van der Waals surface area (Å²) in [5, 5.41) is 0. The molecular formula is C15H21BrO5. The summed E-state index contributed by atoms with van der Waals surface area (Å²) in [6, 6.07) is 0. The average molecular weight is 361 g/mol. The number of alkyl halides is 1. The van der Waals surface area contributed by atoms with Crippen LogP contribution in [0.15, 0.2) is 0 Å². The zero-order valence-electron chi connectivity index (χ0n) is 12.6. The normalized spacial score (nSPS) is 59.1. The van der Waals surface area contributed by atoms with Gasteiger partial charge in [-0.25, -0.2) is 9.78 Å². The molecule has 4 aliphatic heterocycles. The molecule has 118 valence electrons. The Bertz CT molecular complexity index is 494. The molecule has 1 aliphatic carbocycles. The van der Waals surface area contributed by atoms with E-state index < -0.39 is 22.0 Å². The Morgan fingerprint density at radius 2 is 1.95 bits per heavy atom. The molecule has 0 aromatic rings. The highest BCUT2D eigenvalue weighted by Crippen LogP contribution is 2.61. The number of hydrogen-bond acceptors (Lipinski definition) is 5. The Labute approximate surface area is 132 Å². The molecule has 0 N–H and O–H groups in total. The number of carbonyl (C=O) groups is 1. The third-order valence-electron chi connectivity index (χ3n) is 5.99. The quantitative estimate of drug-likeness (QED) is 0.377. The molecule has 4 saturated heterocycles. The van der Waals surface area contributed by atoms with Gasteiger partial charge >= 0.3 is 5.97 Å². The summed E-state index contributed by atoms with van der Waals surface area (Å²) in [6.07, 6.45) is 3.02. The summed E-state index contributed by atoms with van der Waals surface area (Å²) in [5.41, 5.74) is -0.695. The monoisotopic (exact) mass is 360 g/mol. The summed E-state index contributed by atoms with van der Waals surface area (Å²) >= 11 is 3.59. The minimum Gasteiger partial charge on any atom is -0.431 e. The summed E-state index contributed by atoms with van der Waals surface area (Å²) < 4.78 is 10.9. The molecule has 7 atom stereocenters. The number of esters is 1. The van der Waals surface area contributed by atoms with Crippen LogP contribution in [0.3, 0.4) is 0 Å². The molecule has 4 unspecified atom stereocenters. The Hall–Kier alpha value is -0.170. The van der Waals surface area contributed by atoms with E-state index in [1.165, 1.54) is 0 Å². The second-order valence-corrected chi connectivity index (χ2v) is 8.98. The van der Waals surface area contributed by atoms with E-state index in [2.05, 4.69) is 22.9 Å². The maximum absolute atomic E-state index is 12.4. The largest absolute Gasteiger partial charge is 0.431 e. The standard InChI is InChI=1S/C15H21BrO5/c1-8-4-5-10-14(3,16)11(17)18-12-15(10)9(8)6-7-13(2,19-12)20-21-15/h8-10,12H,4-7H2,1-3H3/t8-,9?,10?,12?,13-,14?,15-/m1/s1. The van der Waals surface area contributed by atoms with E-state index in [0.717, 1.165) is 25.7 Å². The van der Waals surface area contributed by atoms with Gasteiger partial charge in [-0.1, -0.05) is 22.9 Å². The van der Waals surface area contributed by atoms with E-state index in [1.54, 1.807) is 0 Å². The number of rotatable bonds is 0. The highest BCUT2D eigenvalue weighted by molar-refractivity contribution is 9.10. The molecule has 5 rings (SSSR count). The molecule has 2 bridgehead atoms. The van der Waals surface area contributed by atoms with E-state index in [4.69, 9.17) is 19.2 Å².